The van der Waals surface area contributed by atoms with Gasteiger partial charge in [0.25, 0.3) is 5.91 Å². The average Bonchev–Trinajstić information content (AvgIpc) is 3.39. The summed E-state index contributed by atoms with van der Waals surface area (Å²) in [5.41, 5.74) is 4.16. The monoisotopic (exact) mass is 449 g/mol. The van der Waals surface area contributed by atoms with Crippen molar-refractivity contribution in [2.45, 2.75) is 19.3 Å². The zero-order valence-corrected chi connectivity index (χ0v) is 19.2. The van der Waals surface area contributed by atoms with E-state index in [2.05, 4.69) is 22.5 Å². The molecule has 0 saturated heterocycles. The summed E-state index contributed by atoms with van der Waals surface area (Å²) in [6.45, 7) is 1.80. The van der Waals surface area contributed by atoms with Gasteiger partial charge >= 0.3 is 0 Å². The Labute approximate surface area is 192 Å². The van der Waals surface area contributed by atoms with Crippen molar-refractivity contribution in [3.05, 3.63) is 76.0 Å². The molecule has 4 rings (SSSR count). The molecular formula is C25H27N3O3S. The second-order valence-electron chi connectivity index (χ2n) is 7.55. The quantitative estimate of drug-likeness (QED) is 0.522. The Kier molecular flexibility index (Phi) is 7.07. The molecule has 0 saturated carbocycles. The van der Waals surface area contributed by atoms with Gasteiger partial charge in [-0.2, -0.15) is 5.10 Å². The van der Waals surface area contributed by atoms with Gasteiger partial charge in [-0.05, 0) is 66.6 Å². The summed E-state index contributed by atoms with van der Waals surface area (Å²) in [6, 6.07) is 17.7. The second kappa shape index (κ2) is 10.3. The van der Waals surface area contributed by atoms with Gasteiger partial charge < -0.3 is 14.8 Å². The van der Waals surface area contributed by atoms with Gasteiger partial charge in [0.05, 0.1) is 24.8 Å². The van der Waals surface area contributed by atoms with Crippen molar-refractivity contribution < 1.29 is 14.3 Å². The highest BCUT2D eigenvalue weighted by atomic mass is 32.1. The number of amides is 1. The summed E-state index contributed by atoms with van der Waals surface area (Å²) in [6.07, 6.45) is 2.91. The summed E-state index contributed by atoms with van der Waals surface area (Å²) in [7, 11) is 3.29. The Morgan fingerprint density at radius 3 is 2.62 bits per heavy atom. The van der Waals surface area contributed by atoms with E-state index < -0.39 is 0 Å². The molecule has 1 aromatic heterocycles. The number of thiophene rings is 1. The fourth-order valence-electron chi connectivity index (χ4n) is 3.69. The normalized spacial score (nSPS) is 13.4. The largest absolute Gasteiger partial charge is 0.493 e. The number of nitrogens with one attached hydrogen (secondary N) is 1. The van der Waals surface area contributed by atoms with Crippen LogP contribution in [0.5, 0.6) is 11.5 Å². The first-order valence-corrected chi connectivity index (χ1v) is 11.5. The van der Waals surface area contributed by atoms with Crippen LogP contribution in [0.1, 0.15) is 33.6 Å². The molecule has 0 bridgehead atoms. The van der Waals surface area contributed by atoms with Crippen LogP contribution in [-0.2, 0) is 6.42 Å². The van der Waals surface area contributed by atoms with Gasteiger partial charge in [0.2, 0.25) is 0 Å². The number of benzene rings is 2. The van der Waals surface area contributed by atoms with Crippen LogP contribution >= 0.6 is 11.3 Å². The standard InChI is InChI=1S/C25H27N3O3S/c1-30-22-12-9-19(17-23(22)31-2)21-5-3-14-28(27-21)15-13-18-7-10-20(11-8-18)26-25(29)24-6-4-16-32-24/h4,6-12,16-17H,3,5,13-15H2,1-2H3,(H,26,29). The Morgan fingerprint density at radius 1 is 1.09 bits per heavy atom. The predicted molar refractivity (Wildman–Crippen MR) is 129 cm³/mol. The van der Waals surface area contributed by atoms with Crippen LogP contribution in [-0.4, -0.2) is 43.9 Å². The van der Waals surface area contributed by atoms with Gasteiger partial charge in [0, 0.05) is 24.3 Å². The Balaban J connectivity index is 1.36. The highest BCUT2D eigenvalue weighted by Gasteiger charge is 2.16. The Hall–Kier alpha value is -3.32. The highest BCUT2D eigenvalue weighted by Crippen LogP contribution is 2.29. The van der Waals surface area contributed by atoms with Crippen molar-refractivity contribution >= 4 is 28.6 Å². The minimum atomic E-state index is -0.0712. The lowest BCUT2D eigenvalue weighted by molar-refractivity contribution is 0.103. The number of ether oxygens (including phenoxy) is 2. The highest BCUT2D eigenvalue weighted by molar-refractivity contribution is 7.12. The van der Waals surface area contributed by atoms with Crippen LogP contribution in [0.15, 0.2) is 65.1 Å². The van der Waals surface area contributed by atoms with Gasteiger partial charge in [0.15, 0.2) is 11.5 Å². The average molecular weight is 450 g/mol. The van der Waals surface area contributed by atoms with E-state index in [1.807, 2.05) is 47.8 Å². The maximum absolute atomic E-state index is 12.2. The molecule has 166 valence electrons. The van der Waals surface area contributed by atoms with Gasteiger partial charge in [-0.1, -0.05) is 18.2 Å². The van der Waals surface area contributed by atoms with Crippen LogP contribution in [0.4, 0.5) is 5.69 Å². The lowest BCUT2D eigenvalue weighted by Crippen LogP contribution is -2.28. The molecule has 0 fully saturated rings. The third-order valence-corrected chi connectivity index (χ3v) is 6.29. The van der Waals surface area contributed by atoms with Crippen molar-refractivity contribution in [3.8, 4) is 11.5 Å². The first-order chi connectivity index (χ1) is 15.7. The predicted octanol–water partition coefficient (Wildman–Crippen LogP) is 5.06. The lowest BCUT2D eigenvalue weighted by atomic mass is 10.0. The SMILES string of the molecule is COc1ccc(C2=NN(CCc3ccc(NC(=O)c4cccs4)cc3)CCC2)cc1OC. The molecule has 0 radical (unpaired) electrons. The summed E-state index contributed by atoms with van der Waals surface area (Å²) in [5.74, 6) is 1.37. The summed E-state index contributed by atoms with van der Waals surface area (Å²) in [4.78, 5) is 12.9. The molecule has 1 aliphatic rings. The molecule has 0 aliphatic carbocycles. The first-order valence-electron chi connectivity index (χ1n) is 10.6. The van der Waals surface area contributed by atoms with Gasteiger partial charge in [-0.3, -0.25) is 9.80 Å². The molecule has 2 heterocycles. The van der Waals surface area contributed by atoms with Crippen molar-refractivity contribution in [1.29, 1.82) is 0 Å². The van der Waals surface area contributed by atoms with Crippen molar-refractivity contribution in [1.82, 2.24) is 5.01 Å². The number of hydrazone groups is 1. The third-order valence-electron chi connectivity index (χ3n) is 5.42. The van der Waals surface area contributed by atoms with Gasteiger partial charge in [-0.15, -0.1) is 11.3 Å². The zero-order valence-electron chi connectivity index (χ0n) is 18.3. The summed E-state index contributed by atoms with van der Waals surface area (Å²) >= 11 is 1.44. The number of carbonyl (C=O) groups excluding carboxylic acids is 1. The molecule has 1 amide bonds. The molecule has 32 heavy (non-hydrogen) atoms. The molecule has 1 N–H and O–H groups in total. The van der Waals surface area contributed by atoms with E-state index in [-0.39, 0.29) is 5.91 Å². The zero-order chi connectivity index (χ0) is 22.3. The maximum Gasteiger partial charge on any atom is 0.265 e. The van der Waals surface area contributed by atoms with Crippen LogP contribution in [0.25, 0.3) is 0 Å². The minimum absolute atomic E-state index is 0.0712. The third kappa shape index (κ3) is 5.29. The van der Waals surface area contributed by atoms with Crippen LogP contribution in [0.2, 0.25) is 0 Å². The maximum atomic E-state index is 12.2. The number of hydrogen-bond donors (Lipinski definition) is 1. The fraction of sp³-hybridized carbons (Fsp3) is 0.280. The summed E-state index contributed by atoms with van der Waals surface area (Å²) in [5, 5.41) is 11.9. The van der Waals surface area contributed by atoms with Crippen molar-refractivity contribution in [2.75, 3.05) is 32.6 Å². The number of hydrogen-bond acceptors (Lipinski definition) is 6. The molecule has 3 aromatic rings. The van der Waals surface area contributed by atoms with Crippen LogP contribution < -0.4 is 14.8 Å². The van der Waals surface area contributed by atoms with E-state index >= 15 is 0 Å². The number of nitrogens with zero attached hydrogens (tertiary/aromatic N) is 2. The fourth-order valence-corrected chi connectivity index (χ4v) is 4.31. The number of carbonyl (C=O) groups is 1. The summed E-state index contributed by atoms with van der Waals surface area (Å²) < 4.78 is 10.8. The Bertz CT molecular complexity index is 1080. The van der Waals surface area contributed by atoms with E-state index in [9.17, 15) is 4.79 Å². The number of anilines is 1. The topological polar surface area (TPSA) is 63.2 Å². The minimum Gasteiger partial charge on any atom is -0.493 e. The van der Waals surface area contributed by atoms with Gasteiger partial charge in [0.1, 0.15) is 0 Å². The molecule has 0 spiro atoms. The molecule has 1 aliphatic heterocycles. The number of methoxy groups -OCH3 is 2. The van der Waals surface area contributed by atoms with Crippen molar-refractivity contribution in [3.63, 3.8) is 0 Å². The molecular weight excluding hydrogens is 422 g/mol. The van der Waals surface area contributed by atoms with E-state index in [0.717, 1.165) is 60.8 Å². The van der Waals surface area contributed by atoms with Gasteiger partial charge in [-0.25, -0.2) is 0 Å². The number of rotatable bonds is 8. The van der Waals surface area contributed by atoms with E-state index in [4.69, 9.17) is 14.6 Å². The molecule has 2 aromatic carbocycles. The second-order valence-corrected chi connectivity index (χ2v) is 8.50. The van der Waals surface area contributed by atoms with E-state index in [1.54, 1.807) is 14.2 Å². The molecule has 6 nitrogen and oxygen atoms in total. The first kappa shape index (κ1) is 21.9. The molecule has 7 heteroatoms. The van der Waals surface area contributed by atoms with E-state index in [0.29, 0.717) is 4.88 Å². The van der Waals surface area contributed by atoms with Crippen LogP contribution in [0.3, 0.4) is 0 Å². The molecule has 0 unspecified atom stereocenters. The molecule has 0 atom stereocenters. The lowest BCUT2D eigenvalue weighted by Gasteiger charge is -2.26. The van der Waals surface area contributed by atoms with Crippen molar-refractivity contribution in [2.24, 2.45) is 5.10 Å². The van der Waals surface area contributed by atoms with Crippen LogP contribution in [0, 0.1) is 0 Å². The van der Waals surface area contributed by atoms with E-state index in [1.165, 1.54) is 16.9 Å². The Morgan fingerprint density at radius 2 is 1.91 bits per heavy atom. The smallest absolute Gasteiger partial charge is 0.265 e.